The molecule has 1 aliphatic rings. The van der Waals surface area contributed by atoms with Crippen LogP contribution in [0.4, 0.5) is 0 Å². The number of hydrogen-bond donors (Lipinski definition) is 1. The second-order valence-corrected chi connectivity index (χ2v) is 4.95. The number of aromatic nitrogens is 2. The maximum atomic E-state index is 12.3. The van der Waals surface area contributed by atoms with Crippen molar-refractivity contribution in [2.24, 2.45) is 0 Å². The molecular formula is C15H17N3O2. The van der Waals surface area contributed by atoms with E-state index in [1.807, 2.05) is 25.1 Å². The summed E-state index contributed by atoms with van der Waals surface area (Å²) in [6.45, 7) is 2.25. The molecule has 5 heteroatoms. The quantitative estimate of drug-likeness (QED) is 0.923. The lowest BCUT2D eigenvalue weighted by Gasteiger charge is -2.10. The molecular weight excluding hydrogens is 254 g/mol. The molecule has 1 heterocycles. The first-order chi connectivity index (χ1) is 9.78. The van der Waals surface area contributed by atoms with Gasteiger partial charge in [-0.1, -0.05) is 31.2 Å². The summed E-state index contributed by atoms with van der Waals surface area (Å²) < 4.78 is 5.38. The average Bonchev–Trinajstić information content (AvgIpc) is 3.11. The molecule has 1 atom stereocenters. The van der Waals surface area contributed by atoms with Gasteiger partial charge in [0.2, 0.25) is 17.7 Å². The zero-order chi connectivity index (χ0) is 13.9. The Bertz CT molecular complexity index is 621. The fourth-order valence-electron chi connectivity index (χ4n) is 2.62. The SMILES string of the molecule is CCc1nnc(CNC(=O)[C@H]2CCc3ccccc32)o1. The van der Waals surface area contributed by atoms with E-state index in [2.05, 4.69) is 21.6 Å². The van der Waals surface area contributed by atoms with Crippen molar-refractivity contribution in [3.63, 3.8) is 0 Å². The second kappa shape index (κ2) is 5.45. The standard InChI is InChI=1S/C15H17N3O2/c1-2-13-17-18-14(20-13)9-16-15(19)12-8-7-10-5-3-4-6-11(10)12/h3-6,12H,2,7-9H2,1H3,(H,16,19)/t12-/m0/s1. The Morgan fingerprint density at radius 1 is 1.35 bits per heavy atom. The normalized spacial score (nSPS) is 16.9. The predicted molar refractivity (Wildman–Crippen MR) is 73.0 cm³/mol. The van der Waals surface area contributed by atoms with Crippen LogP contribution in [-0.4, -0.2) is 16.1 Å². The van der Waals surface area contributed by atoms with E-state index >= 15 is 0 Å². The molecule has 1 N–H and O–H groups in total. The lowest BCUT2D eigenvalue weighted by molar-refractivity contribution is -0.122. The Balaban J connectivity index is 1.63. The van der Waals surface area contributed by atoms with E-state index in [0.717, 1.165) is 18.4 Å². The van der Waals surface area contributed by atoms with Gasteiger partial charge in [0.15, 0.2) is 0 Å². The number of benzene rings is 1. The van der Waals surface area contributed by atoms with Crippen LogP contribution in [-0.2, 0) is 24.2 Å². The Morgan fingerprint density at radius 2 is 2.15 bits per heavy atom. The highest BCUT2D eigenvalue weighted by atomic mass is 16.4. The van der Waals surface area contributed by atoms with Gasteiger partial charge in [-0.15, -0.1) is 10.2 Å². The van der Waals surface area contributed by atoms with Crippen molar-refractivity contribution in [2.75, 3.05) is 0 Å². The Morgan fingerprint density at radius 3 is 2.95 bits per heavy atom. The van der Waals surface area contributed by atoms with Crippen LogP contribution in [0.15, 0.2) is 28.7 Å². The smallest absolute Gasteiger partial charge is 0.235 e. The van der Waals surface area contributed by atoms with E-state index in [1.54, 1.807) is 0 Å². The number of carbonyl (C=O) groups is 1. The van der Waals surface area contributed by atoms with Gasteiger partial charge in [-0.25, -0.2) is 0 Å². The minimum Gasteiger partial charge on any atom is -0.423 e. The molecule has 0 spiro atoms. The van der Waals surface area contributed by atoms with Crippen molar-refractivity contribution in [3.05, 3.63) is 47.2 Å². The lowest BCUT2D eigenvalue weighted by Crippen LogP contribution is -2.28. The molecule has 20 heavy (non-hydrogen) atoms. The Kier molecular flexibility index (Phi) is 3.50. The van der Waals surface area contributed by atoms with E-state index < -0.39 is 0 Å². The molecule has 0 radical (unpaired) electrons. The Labute approximate surface area is 117 Å². The monoisotopic (exact) mass is 271 g/mol. The molecule has 0 saturated carbocycles. The topological polar surface area (TPSA) is 68.0 Å². The molecule has 1 aromatic carbocycles. The van der Waals surface area contributed by atoms with Crippen molar-refractivity contribution < 1.29 is 9.21 Å². The highest BCUT2D eigenvalue weighted by molar-refractivity contribution is 5.84. The van der Waals surface area contributed by atoms with Gasteiger partial charge in [0, 0.05) is 6.42 Å². The molecule has 5 nitrogen and oxygen atoms in total. The van der Waals surface area contributed by atoms with Crippen LogP contribution in [0.25, 0.3) is 0 Å². The zero-order valence-electron chi connectivity index (χ0n) is 11.4. The molecule has 104 valence electrons. The molecule has 1 aliphatic carbocycles. The molecule has 1 aromatic heterocycles. The maximum Gasteiger partial charge on any atom is 0.235 e. The van der Waals surface area contributed by atoms with Crippen LogP contribution < -0.4 is 5.32 Å². The van der Waals surface area contributed by atoms with Crippen LogP contribution in [0.2, 0.25) is 0 Å². The summed E-state index contributed by atoms with van der Waals surface area (Å²) in [7, 11) is 0. The third kappa shape index (κ3) is 2.43. The van der Waals surface area contributed by atoms with Crippen LogP contribution in [0.3, 0.4) is 0 Å². The number of rotatable bonds is 4. The first kappa shape index (κ1) is 12.8. The van der Waals surface area contributed by atoms with Gasteiger partial charge in [0.05, 0.1) is 12.5 Å². The molecule has 3 rings (SSSR count). The minimum absolute atomic E-state index is 0.0335. The number of aryl methyl sites for hydroxylation is 2. The summed E-state index contributed by atoms with van der Waals surface area (Å²) in [4.78, 5) is 12.3. The van der Waals surface area contributed by atoms with Crippen LogP contribution >= 0.6 is 0 Å². The van der Waals surface area contributed by atoms with Gasteiger partial charge in [0.25, 0.3) is 0 Å². The van der Waals surface area contributed by atoms with Crippen LogP contribution in [0, 0.1) is 0 Å². The molecule has 0 bridgehead atoms. The van der Waals surface area contributed by atoms with Gasteiger partial charge in [-0.3, -0.25) is 4.79 Å². The van der Waals surface area contributed by atoms with Crippen molar-refractivity contribution in [1.82, 2.24) is 15.5 Å². The highest BCUT2D eigenvalue weighted by Gasteiger charge is 2.28. The van der Waals surface area contributed by atoms with E-state index in [0.29, 0.717) is 24.7 Å². The first-order valence-electron chi connectivity index (χ1n) is 6.94. The van der Waals surface area contributed by atoms with E-state index in [9.17, 15) is 4.79 Å². The van der Waals surface area contributed by atoms with Crippen LogP contribution in [0.1, 0.15) is 42.2 Å². The summed E-state index contributed by atoms with van der Waals surface area (Å²) in [5.74, 6) is 1.04. The summed E-state index contributed by atoms with van der Waals surface area (Å²) >= 11 is 0. The molecule has 0 saturated heterocycles. The predicted octanol–water partition coefficient (Wildman–Crippen LogP) is 1.98. The van der Waals surface area contributed by atoms with Gasteiger partial charge < -0.3 is 9.73 Å². The fraction of sp³-hybridized carbons (Fsp3) is 0.400. The molecule has 1 amide bonds. The second-order valence-electron chi connectivity index (χ2n) is 4.95. The number of fused-ring (bicyclic) bond motifs is 1. The minimum atomic E-state index is -0.0558. The number of nitrogens with one attached hydrogen (secondary N) is 1. The van der Waals surface area contributed by atoms with E-state index in [1.165, 1.54) is 5.56 Å². The van der Waals surface area contributed by atoms with E-state index in [4.69, 9.17) is 4.42 Å². The largest absolute Gasteiger partial charge is 0.423 e. The number of nitrogens with zero attached hydrogens (tertiary/aromatic N) is 2. The van der Waals surface area contributed by atoms with Gasteiger partial charge in [0.1, 0.15) is 0 Å². The number of carbonyl (C=O) groups excluding carboxylic acids is 1. The van der Waals surface area contributed by atoms with Gasteiger partial charge in [-0.05, 0) is 24.0 Å². The van der Waals surface area contributed by atoms with Gasteiger partial charge >= 0.3 is 0 Å². The third-order valence-electron chi connectivity index (χ3n) is 3.67. The Hall–Kier alpha value is -2.17. The fourth-order valence-corrected chi connectivity index (χ4v) is 2.62. The molecule has 0 aliphatic heterocycles. The molecule has 0 unspecified atom stereocenters. The highest BCUT2D eigenvalue weighted by Crippen LogP contribution is 2.32. The first-order valence-corrected chi connectivity index (χ1v) is 6.94. The number of hydrogen-bond acceptors (Lipinski definition) is 4. The molecule has 0 fully saturated rings. The summed E-state index contributed by atoms with van der Waals surface area (Å²) in [6, 6.07) is 8.13. The van der Waals surface area contributed by atoms with Crippen molar-refractivity contribution in [2.45, 2.75) is 38.6 Å². The van der Waals surface area contributed by atoms with Crippen molar-refractivity contribution in [1.29, 1.82) is 0 Å². The summed E-state index contributed by atoms with van der Waals surface area (Å²) in [5.41, 5.74) is 2.42. The zero-order valence-corrected chi connectivity index (χ0v) is 11.4. The average molecular weight is 271 g/mol. The lowest BCUT2D eigenvalue weighted by atomic mass is 10.0. The van der Waals surface area contributed by atoms with Gasteiger partial charge in [-0.2, -0.15) is 0 Å². The van der Waals surface area contributed by atoms with E-state index in [-0.39, 0.29) is 11.8 Å². The molecule has 2 aromatic rings. The van der Waals surface area contributed by atoms with Crippen LogP contribution in [0.5, 0.6) is 0 Å². The third-order valence-corrected chi connectivity index (χ3v) is 3.67. The maximum absolute atomic E-state index is 12.3. The summed E-state index contributed by atoms with van der Waals surface area (Å²) in [6.07, 6.45) is 2.54. The summed E-state index contributed by atoms with van der Waals surface area (Å²) in [5, 5.41) is 10.7. The number of amides is 1. The van der Waals surface area contributed by atoms with Crippen molar-refractivity contribution >= 4 is 5.91 Å². The van der Waals surface area contributed by atoms with Crippen molar-refractivity contribution in [3.8, 4) is 0 Å².